The van der Waals surface area contributed by atoms with Gasteiger partial charge in [-0.2, -0.15) is 5.26 Å². The molecule has 0 saturated carbocycles. The summed E-state index contributed by atoms with van der Waals surface area (Å²) in [6, 6.07) is 11.4. The summed E-state index contributed by atoms with van der Waals surface area (Å²) in [5.41, 5.74) is 1.64. The third-order valence-electron chi connectivity index (χ3n) is 3.00. The number of hydrogen-bond donors (Lipinski definition) is 0. The maximum atomic E-state index is 13.4. The van der Waals surface area contributed by atoms with Gasteiger partial charge >= 0.3 is 0 Å². The average Bonchev–Trinajstić information content (AvgIpc) is 2.47. The molecular weight excluding hydrogens is 268 g/mol. The lowest BCUT2D eigenvalue weighted by Gasteiger charge is -1.98. The van der Waals surface area contributed by atoms with Gasteiger partial charge in [0.1, 0.15) is 23.3 Å². The molecule has 2 aromatic carbocycles. The van der Waals surface area contributed by atoms with E-state index >= 15 is 0 Å². The molecule has 0 N–H and O–H groups in total. The summed E-state index contributed by atoms with van der Waals surface area (Å²) < 4.78 is 26.9. The highest BCUT2D eigenvalue weighted by molar-refractivity contribution is 5.46. The molecule has 0 aromatic heterocycles. The number of nitrogens with zero attached hydrogens (tertiary/aromatic N) is 1. The van der Waals surface area contributed by atoms with Crippen LogP contribution in [0.3, 0.4) is 0 Å². The molecule has 0 radical (unpaired) electrons. The van der Waals surface area contributed by atoms with Gasteiger partial charge in [0.05, 0.1) is 0 Å². The number of aryl methyl sites for hydroxylation is 1. The molecule has 1 nitrogen and oxygen atoms in total. The quantitative estimate of drug-likeness (QED) is 0.757. The zero-order valence-corrected chi connectivity index (χ0v) is 11.6. The summed E-state index contributed by atoms with van der Waals surface area (Å²) in [5.74, 6) is 3.78. The molecule has 0 unspecified atom stereocenters. The van der Waals surface area contributed by atoms with Crippen molar-refractivity contribution in [2.45, 2.75) is 19.8 Å². The maximum Gasteiger partial charge on any atom is 0.145 e. The van der Waals surface area contributed by atoms with Gasteiger partial charge in [0.2, 0.25) is 0 Å². The number of nitriles is 1. The van der Waals surface area contributed by atoms with Crippen LogP contribution < -0.4 is 0 Å². The van der Waals surface area contributed by atoms with E-state index in [2.05, 4.69) is 18.8 Å². The zero-order valence-electron chi connectivity index (χ0n) is 11.6. The van der Waals surface area contributed by atoms with Crippen molar-refractivity contribution in [2.75, 3.05) is 0 Å². The number of halogens is 2. The third kappa shape index (κ3) is 3.68. The highest BCUT2D eigenvalue weighted by Crippen LogP contribution is 2.14. The molecule has 21 heavy (non-hydrogen) atoms. The van der Waals surface area contributed by atoms with Crippen molar-refractivity contribution in [2.24, 2.45) is 0 Å². The largest absolute Gasteiger partial charge is 0.205 e. The van der Waals surface area contributed by atoms with Crippen molar-refractivity contribution >= 4 is 0 Å². The molecule has 0 spiro atoms. The molecule has 0 amide bonds. The second kappa shape index (κ2) is 6.68. The molecule has 2 rings (SSSR count). The first-order valence-electron chi connectivity index (χ1n) is 6.64. The molecule has 0 aliphatic carbocycles. The molecule has 0 atom stereocenters. The smallest absolute Gasteiger partial charge is 0.145 e. The van der Waals surface area contributed by atoms with Crippen LogP contribution in [0.15, 0.2) is 36.4 Å². The first-order valence-corrected chi connectivity index (χ1v) is 6.64. The second-order valence-corrected chi connectivity index (χ2v) is 4.62. The van der Waals surface area contributed by atoms with Crippen LogP contribution in [0, 0.1) is 34.8 Å². The summed E-state index contributed by atoms with van der Waals surface area (Å²) in [6.45, 7) is 2.11. The van der Waals surface area contributed by atoms with Gasteiger partial charge in [0, 0.05) is 11.1 Å². The minimum Gasteiger partial charge on any atom is -0.205 e. The van der Waals surface area contributed by atoms with Crippen LogP contribution in [0.5, 0.6) is 0 Å². The van der Waals surface area contributed by atoms with Crippen LogP contribution in [0.1, 0.15) is 35.6 Å². The van der Waals surface area contributed by atoms with E-state index in [1.807, 2.05) is 24.3 Å². The summed E-state index contributed by atoms with van der Waals surface area (Å²) in [5, 5.41) is 8.60. The summed E-state index contributed by atoms with van der Waals surface area (Å²) in [7, 11) is 0. The van der Waals surface area contributed by atoms with Crippen LogP contribution in [0.25, 0.3) is 0 Å². The van der Waals surface area contributed by atoms with Crippen molar-refractivity contribution in [3.63, 3.8) is 0 Å². The Labute approximate surface area is 122 Å². The molecule has 0 fully saturated rings. The standard InChI is InChI=1S/C18H13F2N/c1-2-3-13-4-6-14(7-5-13)8-9-15-10-17(19)16(12-21)18(20)11-15/h4-7,10-11H,2-3H2,1H3. The zero-order chi connectivity index (χ0) is 15.2. The molecule has 3 heteroatoms. The number of benzene rings is 2. The van der Waals surface area contributed by atoms with Gasteiger partial charge in [-0.05, 0) is 36.2 Å². The normalized spacial score (nSPS) is 9.62. The molecular formula is C18H13F2N. The summed E-state index contributed by atoms with van der Waals surface area (Å²) >= 11 is 0. The van der Waals surface area contributed by atoms with E-state index in [0.717, 1.165) is 30.5 Å². The van der Waals surface area contributed by atoms with Crippen LogP contribution in [0.2, 0.25) is 0 Å². The Kier molecular flexibility index (Phi) is 4.69. The predicted molar refractivity (Wildman–Crippen MR) is 77.5 cm³/mol. The van der Waals surface area contributed by atoms with Crippen molar-refractivity contribution in [3.8, 4) is 17.9 Å². The van der Waals surface area contributed by atoms with E-state index in [-0.39, 0.29) is 5.56 Å². The lowest BCUT2D eigenvalue weighted by Crippen LogP contribution is -1.91. The van der Waals surface area contributed by atoms with E-state index in [9.17, 15) is 8.78 Å². The molecule has 0 aliphatic heterocycles. The van der Waals surface area contributed by atoms with E-state index in [0.29, 0.717) is 0 Å². The van der Waals surface area contributed by atoms with Crippen LogP contribution in [0.4, 0.5) is 8.78 Å². The highest BCUT2D eigenvalue weighted by Gasteiger charge is 2.09. The molecule has 0 aliphatic rings. The van der Waals surface area contributed by atoms with Gasteiger partial charge < -0.3 is 0 Å². The van der Waals surface area contributed by atoms with E-state index in [1.54, 1.807) is 0 Å². The lowest BCUT2D eigenvalue weighted by molar-refractivity contribution is 0.576. The third-order valence-corrected chi connectivity index (χ3v) is 3.00. The minimum absolute atomic E-state index is 0.210. The fourth-order valence-corrected chi connectivity index (χ4v) is 1.94. The van der Waals surface area contributed by atoms with Gasteiger partial charge in [-0.3, -0.25) is 0 Å². The fourth-order valence-electron chi connectivity index (χ4n) is 1.94. The van der Waals surface area contributed by atoms with Crippen molar-refractivity contribution in [1.82, 2.24) is 0 Å². The molecule has 0 bridgehead atoms. The van der Waals surface area contributed by atoms with Gasteiger partial charge in [-0.15, -0.1) is 0 Å². The first kappa shape index (κ1) is 14.8. The Morgan fingerprint density at radius 3 is 2.05 bits per heavy atom. The second-order valence-electron chi connectivity index (χ2n) is 4.62. The minimum atomic E-state index is -0.889. The molecule has 0 saturated heterocycles. The molecule has 2 aromatic rings. The van der Waals surface area contributed by atoms with Crippen molar-refractivity contribution < 1.29 is 8.78 Å². The lowest BCUT2D eigenvalue weighted by atomic mass is 10.1. The number of rotatable bonds is 2. The monoisotopic (exact) mass is 281 g/mol. The van der Waals surface area contributed by atoms with Gasteiger partial charge in [0.25, 0.3) is 0 Å². The molecule has 104 valence electrons. The highest BCUT2D eigenvalue weighted by atomic mass is 19.1. The van der Waals surface area contributed by atoms with E-state index in [1.165, 1.54) is 11.6 Å². The van der Waals surface area contributed by atoms with Crippen molar-refractivity contribution in [3.05, 3.63) is 70.3 Å². The van der Waals surface area contributed by atoms with Crippen LogP contribution >= 0.6 is 0 Å². The Morgan fingerprint density at radius 1 is 0.952 bits per heavy atom. The van der Waals surface area contributed by atoms with E-state index in [4.69, 9.17) is 5.26 Å². The van der Waals surface area contributed by atoms with Gasteiger partial charge in [-0.25, -0.2) is 8.78 Å². The number of hydrogen-bond acceptors (Lipinski definition) is 1. The molecule has 0 heterocycles. The topological polar surface area (TPSA) is 23.8 Å². The Morgan fingerprint density at radius 2 is 1.52 bits per heavy atom. The Hall–Kier alpha value is -2.65. The van der Waals surface area contributed by atoms with Crippen LogP contribution in [-0.4, -0.2) is 0 Å². The van der Waals surface area contributed by atoms with Gasteiger partial charge in [-0.1, -0.05) is 37.3 Å². The summed E-state index contributed by atoms with van der Waals surface area (Å²) in [6.07, 6.45) is 2.09. The van der Waals surface area contributed by atoms with Gasteiger partial charge in [0.15, 0.2) is 0 Å². The van der Waals surface area contributed by atoms with E-state index < -0.39 is 17.2 Å². The Bertz CT molecular complexity index is 721. The van der Waals surface area contributed by atoms with Crippen molar-refractivity contribution in [1.29, 1.82) is 5.26 Å². The fraction of sp³-hybridized carbons (Fsp3) is 0.167. The average molecular weight is 281 g/mol. The maximum absolute atomic E-state index is 13.4. The summed E-state index contributed by atoms with van der Waals surface area (Å²) in [4.78, 5) is 0. The van der Waals surface area contributed by atoms with Crippen LogP contribution in [-0.2, 0) is 6.42 Å². The first-order chi connectivity index (χ1) is 10.1. The Balaban J connectivity index is 2.25. The predicted octanol–water partition coefficient (Wildman–Crippen LogP) is 4.19. The SMILES string of the molecule is CCCc1ccc(C#Cc2cc(F)c(C#N)c(F)c2)cc1.